The van der Waals surface area contributed by atoms with Crippen molar-refractivity contribution >= 4 is 18.7 Å². The number of hydrogen-bond acceptors (Lipinski definition) is 5. The second-order valence-electron chi connectivity index (χ2n) is 9.31. The number of halogens is 1. The van der Waals surface area contributed by atoms with Crippen molar-refractivity contribution in [2.45, 2.75) is 77.5 Å². The van der Waals surface area contributed by atoms with E-state index in [1.165, 1.54) is 4.90 Å². The number of hydrogen-bond donors (Lipinski definition) is 0. The summed E-state index contributed by atoms with van der Waals surface area (Å²) in [5, 5.41) is 4.29. The molecule has 2 fully saturated rings. The van der Waals surface area contributed by atoms with E-state index in [4.69, 9.17) is 14.0 Å². The first-order valence-electron chi connectivity index (χ1n) is 9.31. The van der Waals surface area contributed by atoms with Crippen molar-refractivity contribution in [1.82, 2.24) is 14.7 Å². The van der Waals surface area contributed by atoms with Crippen LogP contribution >= 0.6 is 0 Å². The molecule has 2 aliphatic rings. The average Bonchev–Trinajstić information content (AvgIpc) is 3.14. The van der Waals surface area contributed by atoms with Crippen LogP contribution in [0.2, 0.25) is 0 Å². The molecule has 3 heterocycles. The molecule has 9 heteroatoms. The molecule has 2 unspecified atom stereocenters. The minimum Gasteiger partial charge on any atom is -0.444 e. The lowest BCUT2D eigenvalue weighted by molar-refractivity contribution is 0.00578. The molecular weight excluding hydrogens is 352 g/mol. The first-order valence-corrected chi connectivity index (χ1v) is 9.31. The molecule has 2 atom stereocenters. The Hall–Kier alpha value is -1.61. The Bertz CT molecular complexity index is 700. The summed E-state index contributed by atoms with van der Waals surface area (Å²) in [5.41, 5.74) is -0.792. The molecular formula is C18H29BFN3O4. The number of ether oxygens (including phenoxy) is 1. The molecule has 0 N–H and O–H groups in total. The van der Waals surface area contributed by atoms with E-state index < -0.39 is 42.2 Å². The van der Waals surface area contributed by atoms with Gasteiger partial charge < -0.3 is 18.9 Å². The molecule has 0 radical (unpaired) electrons. The molecule has 3 rings (SSSR count). The van der Waals surface area contributed by atoms with Crippen molar-refractivity contribution in [3.05, 3.63) is 12.4 Å². The Morgan fingerprint density at radius 2 is 1.85 bits per heavy atom. The number of aromatic nitrogens is 2. The zero-order valence-electron chi connectivity index (χ0n) is 17.2. The number of carbonyl (C=O) groups is 1. The first kappa shape index (κ1) is 20.1. The summed E-state index contributed by atoms with van der Waals surface area (Å²) in [7, 11) is -0.551. The fourth-order valence-electron chi connectivity index (χ4n) is 3.11. The third-order valence-electron chi connectivity index (χ3n) is 5.36. The quantitative estimate of drug-likeness (QED) is 0.736. The molecule has 0 spiro atoms. The van der Waals surface area contributed by atoms with E-state index in [9.17, 15) is 9.18 Å². The Morgan fingerprint density at radius 3 is 2.41 bits per heavy atom. The molecule has 0 bridgehead atoms. The number of likely N-dealkylation sites (tertiary alicyclic amines) is 1. The summed E-state index contributed by atoms with van der Waals surface area (Å²) < 4.78 is 33.5. The lowest BCUT2D eigenvalue weighted by Crippen LogP contribution is -2.41. The molecule has 0 aromatic carbocycles. The second kappa shape index (κ2) is 6.48. The van der Waals surface area contributed by atoms with Crippen LogP contribution in [0.3, 0.4) is 0 Å². The van der Waals surface area contributed by atoms with Gasteiger partial charge in [-0.15, -0.1) is 0 Å². The second-order valence-corrected chi connectivity index (χ2v) is 9.31. The fourth-order valence-corrected chi connectivity index (χ4v) is 3.11. The molecule has 2 aliphatic heterocycles. The summed E-state index contributed by atoms with van der Waals surface area (Å²) in [6, 6.07) is -0.561. The summed E-state index contributed by atoms with van der Waals surface area (Å²) >= 11 is 0. The van der Waals surface area contributed by atoms with Crippen LogP contribution in [0.4, 0.5) is 9.18 Å². The highest BCUT2D eigenvalue weighted by atomic mass is 19.1. The van der Waals surface area contributed by atoms with Crippen LogP contribution in [0.5, 0.6) is 0 Å². The molecule has 1 aromatic rings. The standard InChI is InChI=1S/C18H29BFN3O4/c1-16(2,3)25-15(24)22-10-13(20)14(11-22)23-9-12(8-21-23)19-26-17(4,5)18(6,7)27-19/h8-9,13-14H,10-11H2,1-7H3. The molecule has 27 heavy (non-hydrogen) atoms. The Kier molecular flexibility index (Phi) is 4.83. The van der Waals surface area contributed by atoms with Crippen LogP contribution in [0.15, 0.2) is 12.4 Å². The van der Waals surface area contributed by atoms with E-state index in [2.05, 4.69) is 5.10 Å². The minimum atomic E-state index is -1.22. The van der Waals surface area contributed by atoms with Gasteiger partial charge in [0.05, 0.1) is 17.7 Å². The maximum Gasteiger partial charge on any atom is 0.498 e. The van der Waals surface area contributed by atoms with E-state index in [1.807, 2.05) is 27.7 Å². The van der Waals surface area contributed by atoms with Crippen molar-refractivity contribution < 1.29 is 23.2 Å². The van der Waals surface area contributed by atoms with Gasteiger partial charge in [0, 0.05) is 24.4 Å². The van der Waals surface area contributed by atoms with Crippen molar-refractivity contribution in [1.29, 1.82) is 0 Å². The Balaban J connectivity index is 1.69. The summed E-state index contributed by atoms with van der Waals surface area (Å²) in [4.78, 5) is 13.6. The lowest BCUT2D eigenvalue weighted by atomic mass is 9.82. The summed E-state index contributed by atoms with van der Waals surface area (Å²) in [6.45, 7) is 13.5. The van der Waals surface area contributed by atoms with Gasteiger partial charge in [-0.1, -0.05) is 0 Å². The van der Waals surface area contributed by atoms with E-state index >= 15 is 0 Å². The maximum atomic E-state index is 14.6. The Labute approximate surface area is 160 Å². The predicted molar refractivity (Wildman–Crippen MR) is 99.7 cm³/mol. The number of alkyl halides is 1. The third kappa shape index (κ3) is 3.99. The largest absolute Gasteiger partial charge is 0.498 e. The molecule has 0 saturated carbocycles. The van der Waals surface area contributed by atoms with Gasteiger partial charge in [-0.2, -0.15) is 5.10 Å². The molecule has 1 aromatic heterocycles. The van der Waals surface area contributed by atoms with Gasteiger partial charge in [0.15, 0.2) is 0 Å². The highest BCUT2D eigenvalue weighted by Crippen LogP contribution is 2.36. The number of amides is 1. The summed E-state index contributed by atoms with van der Waals surface area (Å²) in [6.07, 6.45) is 1.64. The van der Waals surface area contributed by atoms with E-state index in [0.29, 0.717) is 0 Å². The smallest absolute Gasteiger partial charge is 0.444 e. The monoisotopic (exact) mass is 381 g/mol. The zero-order valence-corrected chi connectivity index (χ0v) is 17.2. The highest BCUT2D eigenvalue weighted by molar-refractivity contribution is 6.62. The molecule has 1 amide bonds. The number of rotatable bonds is 2. The van der Waals surface area contributed by atoms with Gasteiger partial charge in [-0.05, 0) is 48.5 Å². The van der Waals surface area contributed by atoms with Gasteiger partial charge in [0.25, 0.3) is 0 Å². The van der Waals surface area contributed by atoms with Crippen LogP contribution < -0.4 is 5.46 Å². The minimum absolute atomic E-state index is 0.00867. The van der Waals surface area contributed by atoms with Gasteiger partial charge in [-0.25, -0.2) is 9.18 Å². The van der Waals surface area contributed by atoms with Gasteiger partial charge in [-0.3, -0.25) is 4.68 Å². The highest BCUT2D eigenvalue weighted by Gasteiger charge is 2.52. The van der Waals surface area contributed by atoms with Crippen LogP contribution in [0.1, 0.15) is 54.5 Å². The van der Waals surface area contributed by atoms with Crippen molar-refractivity contribution in [2.24, 2.45) is 0 Å². The van der Waals surface area contributed by atoms with Crippen molar-refractivity contribution in [3.63, 3.8) is 0 Å². The van der Waals surface area contributed by atoms with Crippen LogP contribution in [0.25, 0.3) is 0 Å². The van der Waals surface area contributed by atoms with Crippen molar-refractivity contribution in [3.8, 4) is 0 Å². The molecule has 0 aliphatic carbocycles. The number of carbonyl (C=O) groups excluding carboxylic acids is 1. The van der Waals surface area contributed by atoms with Crippen LogP contribution in [-0.2, 0) is 14.0 Å². The maximum absolute atomic E-state index is 14.6. The normalized spacial score (nSPS) is 27.3. The van der Waals surface area contributed by atoms with E-state index in [-0.39, 0.29) is 13.1 Å². The number of nitrogens with zero attached hydrogens (tertiary/aromatic N) is 3. The Morgan fingerprint density at radius 1 is 1.26 bits per heavy atom. The molecule has 150 valence electrons. The first-order chi connectivity index (χ1) is 12.3. The SMILES string of the molecule is CC(C)(C)OC(=O)N1CC(F)C(n2cc(B3OC(C)(C)C(C)(C)O3)cn2)C1. The lowest BCUT2D eigenvalue weighted by Gasteiger charge is -2.32. The van der Waals surface area contributed by atoms with Crippen molar-refractivity contribution in [2.75, 3.05) is 13.1 Å². The fraction of sp³-hybridized carbons (Fsp3) is 0.778. The van der Waals surface area contributed by atoms with Gasteiger partial charge >= 0.3 is 13.2 Å². The van der Waals surface area contributed by atoms with Gasteiger partial charge in [0.1, 0.15) is 17.8 Å². The van der Waals surface area contributed by atoms with E-state index in [1.54, 1.807) is 37.8 Å². The average molecular weight is 381 g/mol. The van der Waals surface area contributed by atoms with Crippen LogP contribution in [-0.4, -0.2) is 64.0 Å². The third-order valence-corrected chi connectivity index (χ3v) is 5.36. The van der Waals surface area contributed by atoms with Crippen LogP contribution in [0, 0.1) is 0 Å². The zero-order chi connectivity index (χ0) is 20.2. The molecule has 2 saturated heterocycles. The summed E-state index contributed by atoms with van der Waals surface area (Å²) in [5.74, 6) is 0. The van der Waals surface area contributed by atoms with Gasteiger partial charge in [0.2, 0.25) is 0 Å². The molecule has 7 nitrogen and oxygen atoms in total. The topological polar surface area (TPSA) is 65.8 Å². The predicted octanol–water partition coefficient (Wildman–Crippen LogP) is 2.31. The van der Waals surface area contributed by atoms with E-state index in [0.717, 1.165) is 5.46 Å².